The minimum Gasteiger partial charge on any atom is -0.497 e. The number of urea groups is 1. The quantitative estimate of drug-likeness (QED) is 0.677. The first-order valence-corrected chi connectivity index (χ1v) is 11.4. The molecule has 2 atom stereocenters. The van der Waals surface area contributed by atoms with Gasteiger partial charge >= 0.3 is 6.03 Å². The van der Waals surface area contributed by atoms with E-state index in [0.717, 1.165) is 5.56 Å². The molecule has 7 nitrogen and oxygen atoms in total. The second-order valence-electron chi connectivity index (χ2n) is 7.27. The lowest BCUT2D eigenvalue weighted by molar-refractivity contribution is 0.205. The van der Waals surface area contributed by atoms with E-state index < -0.39 is 15.9 Å². The maximum Gasteiger partial charge on any atom is 0.325 e. The summed E-state index contributed by atoms with van der Waals surface area (Å²) in [5, 5.41) is 0. The van der Waals surface area contributed by atoms with Gasteiger partial charge in [-0.05, 0) is 48.9 Å². The molecule has 0 unspecified atom stereocenters. The van der Waals surface area contributed by atoms with Gasteiger partial charge in [0.15, 0.2) is 9.84 Å². The van der Waals surface area contributed by atoms with Crippen LogP contribution < -0.4 is 14.4 Å². The number of carbonyl (C=O) groups excluding carboxylic acids is 1. The van der Waals surface area contributed by atoms with Gasteiger partial charge in [0.25, 0.3) is 0 Å². The number of carbonyl (C=O) groups is 1. The zero-order chi connectivity index (χ0) is 20.6. The Bertz CT molecular complexity index is 1010. The SMILES string of the molecule is CCOc1ccc(N2C(=O)N(Cc3cccc(OC)c3)[C@H]3CS(=O)(=O)C[C@@H]32)cc1. The third-order valence-electron chi connectivity index (χ3n) is 5.39. The second kappa shape index (κ2) is 7.59. The van der Waals surface area contributed by atoms with E-state index in [0.29, 0.717) is 30.3 Å². The van der Waals surface area contributed by atoms with E-state index in [4.69, 9.17) is 9.47 Å². The molecule has 2 saturated heterocycles. The molecular weight excluding hydrogens is 392 g/mol. The topological polar surface area (TPSA) is 76.2 Å². The summed E-state index contributed by atoms with van der Waals surface area (Å²) in [5.74, 6) is 1.38. The van der Waals surface area contributed by atoms with Gasteiger partial charge in [-0.1, -0.05) is 12.1 Å². The minimum atomic E-state index is -3.21. The van der Waals surface area contributed by atoms with Gasteiger partial charge in [-0.2, -0.15) is 0 Å². The monoisotopic (exact) mass is 416 g/mol. The third-order valence-corrected chi connectivity index (χ3v) is 7.09. The van der Waals surface area contributed by atoms with Crippen LogP contribution in [0.3, 0.4) is 0 Å². The molecule has 0 aliphatic carbocycles. The highest BCUT2D eigenvalue weighted by Gasteiger charge is 2.53. The molecule has 4 rings (SSSR count). The van der Waals surface area contributed by atoms with E-state index >= 15 is 0 Å². The highest BCUT2D eigenvalue weighted by Crippen LogP contribution is 2.36. The molecule has 29 heavy (non-hydrogen) atoms. The molecular formula is C21H24N2O5S. The van der Waals surface area contributed by atoms with E-state index in [9.17, 15) is 13.2 Å². The zero-order valence-corrected chi connectivity index (χ0v) is 17.3. The molecule has 2 heterocycles. The van der Waals surface area contributed by atoms with Crippen molar-refractivity contribution in [3.05, 3.63) is 54.1 Å². The normalized spacial score (nSPS) is 22.6. The predicted octanol–water partition coefficient (Wildman–Crippen LogP) is 2.70. The first-order valence-electron chi connectivity index (χ1n) is 9.58. The summed E-state index contributed by atoms with van der Waals surface area (Å²) in [4.78, 5) is 16.6. The van der Waals surface area contributed by atoms with Gasteiger partial charge < -0.3 is 14.4 Å². The number of anilines is 1. The summed E-state index contributed by atoms with van der Waals surface area (Å²) in [6.45, 7) is 2.79. The van der Waals surface area contributed by atoms with Gasteiger partial charge in [0.2, 0.25) is 0 Å². The van der Waals surface area contributed by atoms with Crippen LogP contribution in [-0.4, -0.2) is 56.7 Å². The van der Waals surface area contributed by atoms with Gasteiger partial charge in [-0.3, -0.25) is 4.90 Å². The lowest BCUT2D eigenvalue weighted by atomic mass is 10.1. The molecule has 0 saturated carbocycles. The predicted molar refractivity (Wildman–Crippen MR) is 110 cm³/mol. The van der Waals surface area contributed by atoms with Gasteiger partial charge in [-0.25, -0.2) is 13.2 Å². The van der Waals surface area contributed by atoms with E-state index in [2.05, 4.69) is 0 Å². The molecule has 2 aromatic rings. The maximum atomic E-state index is 13.3. The van der Waals surface area contributed by atoms with E-state index in [1.807, 2.05) is 31.2 Å². The number of nitrogens with zero attached hydrogens (tertiary/aromatic N) is 2. The molecule has 2 fully saturated rings. The van der Waals surface area contributed by atoms with E-state index in [1.165, 1.54) is 0 Å². The van der Waals surface area contributed by atoms with Crippen molar-refractivity contribution in [2.75, 3.05) is 30.1 Å². The van der Waals surface area contributed by atoms with Crippen LogP contribution in [0.1, 0.15) is 12.5 Å². The number of fused-ring (bicyclic) bond motifs is 1. The summed E-state index contributed by atoms with van der Waals surface area (Å²) in [6.07, 6.45) is 0. The Morgan fingerprint density at radius 1 is 1.03 bits per heavy atom. The fraction of sp³-hybridized carbons (Fsp3) is 0.381. The van der Waals surface area contributed by atoms with E-state index in [1.54, 1.807) is 41.2 Å². The smallest absolute Gasteiger partial charge is 0.325 e. The van der Waals surface area contributed by atoms with Crippen molar-refractivity contribution >= 4 is 21.6 Å². The number of ether oxygens (including phenoxy) is 2. The molecule has 0 radical (unpaired) electrons. The van der Waals surface area contributed by atoms with Crippen molar-refractivity contribution in [2.45, 2.75) is 25.6 Å². The summed E-state index contributed by atoms with van der Waals surface area (Å²) in [7, 11) is -1.62. The Hall–Kier alpha value is -2.74. The summed E-state index contributed by atoms with van der Waals surface area (Å²) < 4.78 is 35.5. The first kappa shape index (κ1) is 19.6. The van der Waals surface area contributed by atoms with Crippen molar-refractivity contribution in [1.82, 2.24) is 4.90 Å². The highest BCUT2D eigenvalue weighted by atomic mass is 32.2. The standard InChI is InChI=1S/C21H24N2O5S/c1-3-28-17-9-7-16(8-10-17)23-20-14-29(25,26)13-19(20)22(21(23)24)12-15-5-4-6-18(11-15)27-2/h4-11,19-20H,3,12-14H2,1-2H3/t19-,20-/m0/s1. The maximum absolute atomic E-state index is 13.3. The van der Waals surface area contributed by atoms with Crippen LogP contribution >= 0.6 is 0 Å². The highest BCUT2D eigenvalue weighted by molar-refractivity contribution is 7.91. The van der Waals surface area contributed by atoms with Crippen LogP contribution in [0.15, 0.2) is 48.5 Å². The Morgan fingerprint density at radius 3 is 2.45 bits per heavy atom. The third kappa shape index (κ3) is 3.76. The van der Waals surface area contributed by atoms with Crippen molar-refractivity contribution < 1.29 is 22.7 Å². The average Bonchev–Trinajstić information content (AvgIpc) is 3.13. The van der Waals surface area contributed by atoms with Crippen LogP contribution in [-0.2, 0) is 16.4 Å². The number of amides is 2. The van der Waals surface area contributed by atoms with Crippen LogP contribution in [0, 0.1) is 0 Å². The van der Waals surface area contributed by atoms with Gasteiger partial charge in [-0.15, -0.1) is 0 Å². The van der Waals surface area contributed by atoms with Crippen molar-refractivity contribution in [3.63, 3.8) is 0 Å². The molecule has 2 aromatic carbocycles. The number of rotatable bonds is 6. The van der Waals surface area contributed by atoms with Crippen LogP contribution in [0.5, 0.6) is 11.5 Å². The number of benzene rings is 2. The molecule has 154 valence electrons. The summed E-state index contributed by atoms with van der Waals surface area (Å²) in [5.41, 5.74) is 1.58. The fourth-order valence-corrected chi connectivity index (χ4v) is 6.05. The molecule has 0 spiro atoms. The molecule has 2 aliphatic rings. The second-order valence-corrected chi connectivity index (χ2v) is 9.42. The lowest BCUT2D eigenvalue weighted by Gasteiger charge is -2.23. The minimum absolute atomic E-state index is 0.0130. The first-order chi connectivity index (χ1) is 13.9. The summed E-state index contributed by atoms with van der Waals surface area (Å²) in [6, 6.07) is 13.7. The molecule has 8 heteroatoms. The molecule has 0 N–H and O–H groups in total. The van der Waals surface area contributed by atoms with Crippen molar-refractivity contribution in [1.29, 1.82) is 0 Å². The Kier molecular flexibility index (Phi) is 5.12. The Morgan fingerprint density at radius 2 is 1.76 bits per heavy atom. The fourth-order valence-electron chi connectivity index (χ4n) is 4.10. The van der Waals surface area contributed by atoms with Gasteiger partial charge in [0.1, 0.15) is 11.5 Å². The van der Waals surface area contributed by atoms with E-state index in [-0.39, 0.29) is 23.6 Å². The van der Waals surface area contributed by atoms with Crippen LogP contribution in [0.2, 0.25) is 0 Å². The van der Waals surface area contributed by atoms with Crippen LogP contribution in [0.25, 0.3) is 0 Å². The number of hydrogen-bond acceptors (Lipinski definition) is 5. The average molecular weight is 416 g/mol. The van der Waals surface area contributed by atoms with Gasteiger partial charge in [0, 0.05) is 12.2 Å². The molecule has 2 aliphatic heterocycles. The number of hydrogen-bond donors (Lipinski definition) is 0. The lowest BCUT2D eigenvalue weighted by Crippen LogP contribution is -2.37. The molecule has 0 aromatic heterocycles. The number of methoxy groups -OCH3 is 1. The Balaban J connectivity index is 1.65. The number of sulfone groups is 1. The summed E-state index contributed by atoms with van der Waals surface area (Å²) >= 11 is 0. The zero-order valence-electron chi connectivity index (χ0n) is 16.4. The molecule has 0 bridgehead atoms. The molecule has 2 amide bonds. The largest absolute Gasteiger partial charge is 0.497 e. The Labute approximate surface area is 170 Å². The van der Waals surface area contributed by atoms with Crippen LogP contribution in [0.4, 0.5) is 10.5 Å². The van der Waals surface area contributed by atoms with Gasteiger partial charge in [0.05, 0.1) is 37.3 Å². The van der Waals surface area contributed by atoms with Crippen molar-refractivity contribution in [3.8, 4) is 11.5 Å². The van der Waals surface area contributed by atoms with Crippen molar-refractivity contribution in [2.24, 2.45) is 0 Å².